The molecule has 0 aliphatic carbocycles. The zero-order valence-corrected chi connectivity index (χ0v) is 20.7. The van der Waals surface area contributed by atoms with E-state index in [1.54, 1.807) is 24.2 Å². The van der Waals surface area contributed by atoms with Crippen LogP contribution >= 0.6 is 0 Å². The van der Waals surface area contributed by atoms with Crippen LogP contribution in [0.2, 0.25) is 0 Å². The Morgan fingerprint density at radius 3 is 2.37 bits per heavy atom. The Labute approximate surface area is 207 Å². The third-order valence-electron chi connectivity index (χ3n) is 6.26. The lowest BCUT2D eigenvalue weighted by molar-refractivity contribution is -0.123. The number of amides is 1. The fourth-order valence-corrected chi connectivity index (χ4v) is 4.14. The number of likely N-dealkylation sites (N-methyl/N-ethyl adjacent to an activating group) is 1. The van der Waals surface area contributed by atoms with Crippen LogP contribution < -0.4 is 15.0 Å². The molecule has 0 unspecified atom stereocenters. The lowest BCUT2D eigenvalue weighted by Crippen LogP contribution is -2.44. The molecule has 2 heterocycles. The summed E-state index contributed by atoms with van der Waals surface area (Å²) >= 11 is 0. The van der Waals surface area contributed by atoms with Gasteiger partial charge in [0.05, 0.1) is 13.7 Å². The van der Waals surface area contributed by atoms with E-state index in [2.05, 4.69) is 40.9 Å². The van der Waals surface area contributed by atoms with E-state index in [0.717, 1.165) is 48.8 Å². The topological polar surface area (TPSA) is 60.4 Å². The first-order chi connectivity index (χ1) is 17.0. The number of carbonyl (C=O) groups excluding carboxylic acids is 1. The second kappa shape index (κ2) is 11.1. The van der Waals surface area contributed by atoms with Crippen molar-refractivity contribution < 1.29 is 9.53 Å². The van der Waals surface area contributed by atoms with Crippen molar-refractivity contribution in [3.05, 3.63) is 90.3 Å². The molecule has 1 saturated heterocycles. The fourth-order valence-electron chi connectivity index (χ4n) is 4.14. The SMILES string of the molecule is C=C(/N=C1\C(=C/C)C=CC(=O)N1Cc1ccc(OC)cc1)Nc1ccc(N2CCN(C)CC2)cc1. The third kappa shape index (κ3) is 6.00. The van der Waals surface area contributed by atoms with Gasteiger partial charge in [-0.1, -0.05) is 24.8 Å². The van der Waals surface area contributed by atoms with Gasteiger partial charge in [0.25, 0.3) is 5.91 Å². The Morgan fingerprint density at radius 2 is 1.74 bits per heavy atom. The summed E-state index contributed by atoms with van der Waals surface area (Å²) in [6, 6.07) is 16.0. The van der Waals surface area contributed by atoms with Gasteiger partial charge in [0.2, 0.25) is 0 Å². The van der Waals surface area contributed by atoms with Crippen molar-refractivity contribution in [1.82, 2.24) is 9.80 Å². The van der Waals surface area contributed by atoms with Gasteiger partial charge in [0, 0.05) is 49.2 Å². The number of nitrogens with one attached hydrogen (secondary N) is 1. The van der Waals surface area contributed by atoms with Gasteiger partial charge in [-0.2, -0.15) is 0 Å². The largest absolute Gasteiger partial charge is 0.497 e. The lowest BCUT2D eigenvalue weighted by Gasteiger charge is -2.34. The summed E-state index contributed by atoms with van der Waals surface area (Å²) in [5.74, 6) is 1.70. The van der Waals surface area contributed by atoms with Crippen LogP contribution in [0.3, 0.4) is 0 Å². The summed E-state index contributed by atoms with van der Waals surface area (Å²) < 4.78 is 5.24. The molecule has 2 aliphatic heterocycles. The maximum atomic E-state index is 12.8. The number of hydrogen-bond acceptors (Lipinski definition) is 6. The molecule has 182 valence electrons. The quantitative estimate of drug-likeness (QED) is 0.653. The first-order valence-electron chi connectivity index (χ1n) is 11.8. The van der Waals surface area contributed by atoms with Crippen LogP contribution in [0.5, 0.6) is 5.75 Å². The molecule has 7 heteroatoms. The summed E-state index contributed by atoms with van der Waals surface area (Å²) in [5, 5.41) is 3.27. The van der Waals surface area contributed by atoms with E-state index in [-0.39, 0.29) is 5.91 Å². The van der Waals surface area contributed by atoms with Crippen molar-refractivity contribution in [3.63, 3.8) is 0 Å². The second-order valence-electron chi connectivity index (χ2n) is 8.69. The maximum Gasteiger partial charge on any atom is 0.252 e. The lowest BCUT2D eigenvalue weighted by atomic mass is 10.1. The number of benzene rings is 2. The minimum Gasteiger partial charge on any atom is -0.497 e. The van der Waals surface area contributed by atoms with E-state index in [1.807, 2.05) is 49.4 Å². The van der Waals surface area contributed by atoms with Gasteiger partial charge in [-0.15, -0.1) is 0 Å². The Hall–Kier alpha value is -3.84. The van der Waals surface area contributed by atoms with Gasteiger partial charge < -0.3 is 19.9 Å². The van der Waals surface area contributed by atoms with Crippen molar-refractivity contribution in [2.24, 2.45) is 4.99 Å². The molecule has 0 bridgehead atoms. The summed E-state index contributed by atoms with van der Waals surface area (Å²) in [6.07, 6.45) is 5.32. The van der Waals surface area contributed by atoms with Crippen LogP contribution in [-0.2, 0) is 11.3 Å². The molecular weight excluding hydrogens is 438 g/mol. The number of amidine groups is 1. The van der Waals surface area contributed by atoms with E-state index < -0.39 is 0 Å². The zero-order chi connectivity index (χ0) is 24.8. The standard InChI is InChI=1S/C28H33N5O2/c1-5-23-8-15-27(34)33(20-22-6-13-26(35-4)14-7-22)28(23)30-21(2)29-24-9-11-25(12-10-24)32-18-16-31(3)17-19-32/h5-15,29H,2,16-20H2,1,3-4H3/b23-5-,30-28+. The minimum absolute atomic E-state index is 0.116. The molecule has 1 N–H and O–H groups in total. The van der Waals surface area contributed by atoms with E-state index >= 15 is 0 Å². The minimum atomic E-state index is -0.116. The van der Waals surface area contributed by atoms with Gasteiger partial charge in [-0.25, -0.2) is 4.99 Å². The van der Waals surface area contributed by atoms with Crippen LogP contribution in [0.4, 0.5) is 11.4 Å². The van der Waals surface area contributed by atoms with Crippen molar-refractivity contribution in [2.45, 2.75) is 13.5 Å². The fraction of sp³-hybridized carbons (Fsp3) is 0.286. The van der Waals surface area contributed by atoms with E-state index in [9.17, 15) is 4.79 Å². The van der Waals surface area contributed by atoms with Crippen LogP contribution in [0.15, 0.2) is 89.7 Å². The smallest absolute Gasteiger partial charge is 0.252 e. The number of allylic oxidation sites excluding steroid dienone is 1. The van der Waals surface area contributed by atoms with E-state index in [4.69, 9.17) is 9.73 Å². The number of aliphatic imine (C=N–C) groups is 1. The Balaban J connectivity index is 1.49. The Kier molecular flexibility index (Phi) is 7.67. The highest BCUT2D eigenvalue weighted by molar-refractivity contribution is 6.15. The van der Waals surface area contributed by atoms with Gasteiger partial charge in [-0.05, 0) is 62.0 Å². The number of ether oxygens (including phenoxy) is 1. The molecule has 1 fully saturated rings. The van der Waals surface area contributed by atoms with Crippen molar-refractivity contribution in [3.8, 4) is 5.75 Å². The molecule has 2 aromatic carbocycles. The Morgan fingerprint density at radius 1 is 1.06 bits per heavy atom. The van der Waals surface area contributed by atoms with E-state index in [1.165, 1.54) is 5.69 Å². The molecule has 0 atom stereocenters. The van der Waals surface area contributed by atoms with Crippen molar-refractivity contribution >= 4 is 23.1 Å². The zero-order valence-electron chi connectivity index (χ0n) is 20.7. The predicted octanol–water partition coefficient (Wildman–Crippen LogP) is 4.27. The molecule has 0 radical (unpaired) electrons. The number of carbonyl (C=O) groups is 1. The molecule has 2 aliphatic rings. The van der Waals surface area contributed by atoms with Crippen LogP contribution in [-0.4, -0.2) is 61.9 Å². The first-order valence-corrected chi connectivity index (χ1v) is 11.8. The number of hydrogen-bond donors (Lipinski definition) is 1. The molecule has 0 spiro atoms. The summed E-state index contributed by atoms with van der Waals surface area (Å²) in [5.41, 5.74) is 3.96. The van der Waals surface area contributed by atoms with E-state index in [0.29, 0.717) is 18.2 Å². The summed E-state index contributed by atoms with van der Waals surface area (Å²) in [7, 11) is 3.79. The highest BCUT2D eigenvalue weighted by Crippen LogP contribution is 2.22. The maximum absolute atomic E-state index is 12.8. The molecule has 4 rings (SSSR count). The third-order valence-corrected chi connectivity index (χ3v) is 6.26. The Bertz CT molecular complexity index is 1140. The average Bonchev–Trinajstić information content (AvgIpc) is 2.87. The van der Waals surface area contributed by atoms with Gasteiger partial charge in [0.1, 0.15) is 17.4 Å². The van der Waals surface area contributed by atoms with Gasteiger partial charge >= 0.3 is 0 Å². The molecule has 35 heavy (non-hydrogen) atoms. The van der Waals surface area contributed by atoms with Crippen molar-refractivity contribution in [1.29, 1.82) is 0 Å². The molecular formula is C28H33N5O2. The van der Waals surface area contributed by atoms with Crippen molar-refractivity contribution in [2.75, 3.05) is 50.6 Å². The number of methoxy groups -OCH3 is 1. The number of rotatable bonds is 7. The molecule has 1 amide bonds. The van der Waals surface area contributed by atoms with Gasteiger partial charge in [-0.3, -0.25) is 9.69 Å². The highest BCUT2D eigenvalue weighted by Gasteiger charge is 2.24. The normalized spacial score (nSPS) is 18.9. The second-order valence-corrected chi connectivity index (χ2v) is 8.69. The van der Waals surface area contributed by atoms with Crippen LogP contribution in [0.25, 0.3) is 0 Å². The monoisotopic (exact) mass is 471 g/mol. The first kappa shape index (κ1) is 24.3. The van der Waals surface area contributed by atoms with Crippen LogP contribution in [0, 0.1) is 0 Å². The number of nitrogens with zero attached hydrogens (tertiary/aromatic N) is 4. The molecule has 7 nitrogen and oxygen atoms in total. The summed E-state index contributed by atoms with van der Waals surface area (Å²) in [4.78, 5) is 23.9. The average molecular weight is 472 g/mol. The molecule has 2 aromatic rings. The van der Waals surface area contributed by atoms with Gasteiger partial charge in [0.15, 0.2) is 0 Å². The summed E-state index contributed by atoms with van der Waals surface area (Å²) in [6.45, 7) is 10.6. The van der Waals surface area contributed by atoms with Crippen LogP contribution in [0.1, 0.15) is 12.5 Å². The predicted molar refractivity (Wildman–Crippen MR) is 143 cm³/mol. The molecule has 0 aromatic heterocycles. The number of piperazine rings is 1. The number of anilines is 2. The molecule has 0 saturated carbocycles. The highest BCUT2D eigenvalue weighted by atomic mass is 16.5.